The van der Waals surface area contributed by atoms with Gasteiger partial charge in [0.1, 0.15) is 0 Å². The Balaban J connectivity index is 1.30. The summed E-state index contributed by atoms with van der Waals surface area (Å²) < 4.78 is 5.26. The second-order valence-electron chi connectivity index (χ2n) is 8.02. The fourth-order valence-corrected chi connectivity index (χ4v) is 4.32. The molecule has 0 saturated carbocycles. The number of urea groups is 1. The van der Waals surface area contributed by atoms with Gasteiger partial charge in [-0.3, -0.25) is 15.1 Å². The molecule has 0 fully saturated rings. The minimum absolute atomic E-state index is 0.472. The van der Waals surface area contributed by atoms with E-state index in [1.807, 2.05) is 24.3 Å². The van der Waals surface area contributed by atoms with Crippen LogP contribution in [-0.2, 0) is 22.4 Å². The molecular formula is C24H27N3O4. The van der Waals surface area contributed by atoms with Gasteiger partial charge in [0.25, 0.3) is 5.91 Å². The summed E-state index contributed by atoms with van der Waals surface area (Å²) in [7, 11) is 0. The highest BCUT2D eigenvalue weighted by atomic mass is 16.5. The first-order valence-corrected chi connectivity index (χ1v) is 10.9. The van der Waals surface area contributed by atoms with E-state index in [-0.39, 0.29) is 0 Å². The van der Waals surface area contributed by atoms with Gasteiger partial charge in [0.15, 0.2) is 6.61 Å². The van der Waals surface area contributed by atoms with Gasteiger partial charge in [-0.2, -0.15) is 0 Å². The van der Waals surface area contributed by atoms with Gasteiger partial charge in [-0.1, -0.05) is 29.8 Å². The zero-order chi connectivity index (χ0) is 21.6. The number of para-hydroxylation sites is 1. The Morgan fingerprint density at radius 2 is 1.90 bits per heavy atom. The molecule has 162 valence electrons. The van der Waals surface area contributed by atoms with Crippen LogP contribution in [0.15, 0.2) is 35.9 Å². The summed E-state index contributed by atoms with van der Waals surface area (Å²) in [5, 5.41) is 5.62. The van der Waals surface area contributed by atoms with Crippen LogP contribution in [0.2, 0.25) is 0 Å². The fraction of sp³-hybridized carbons (Fsp3) is 0.417. The molecule has 31 heavy (non-hydrogen) atoms. The van der Waals surface area contributed by atoms with Gasteiger partial charge in [-0.15, -0.1) is 0 Å². The van der Waals surface area contributed by atoms with Crippen molar-refractivity contribution in [3.05, 3.63) is 52.7 Å². The van der Waals surface area contributed by atoms with Crippen molar-refractivity contribution >= 4 is 28.8 Å². The number of hydrogen-bond acceptors (Lipinski definition) is 5. The molecule has 3 amide bonds. The first-order chi connectivity index (χ1) is 15.1. The third-order valence-corrected chi connectivity index (χ3v) is 5.83. The van der Waals surface area contributed by atoms with E-state index in [1.54, 1.807) is 0 Å². The average Bonchev–Trinajstić information content (AvgIpc) is 3.24. The second kappa shape index (κ2) is 9.73. The Bertz CT molecular complexity index is 1040. The number of allylic oxidation sites excluding steroid dienone is 1. The predicted molar refractivity (Wildman–Crippen MR) is 117 cm³/mol. The van der Waals surface area contributed by atoms with E-state index in [2.05, 4.69) is 21.7 Å². The Hall–Kier alpha value is -3.22. The van der Waals surface area contributed by atoms with Crippen LogP contribution in [0.4, 0.5) is 4.79 Å². The van der Waals surface area contributed by atoms with Crippen molar-refractivity contribution in [1.29, 1.82) is 0 Å². The van der Waals surface area contributed by atoms with E-state index < -0.39 is 24.5 Å². The number of aryl methyl sites for hydroxylation is 1. The number of carbonyl (C=O) groups excluding carboxylic acids is 3. The van der Waals surface area contributed by atoms with Crippen LogP contribution in [0.5, 0.6) is 0 Å². The van der Waals surface area contributed by atoms with Gasteiger partial charge in [0.2, 0.25) is 0 Å². The van der Waals surface area contributed by atoms with Crippen molar-refractivity contribution in [2.24, 2.45) is 0 Å². The van der Waals surface area contributed by atoms with Gasteiger partial charge >= 0.3 is 12.0 Å². The lowest BCUT2D eigenvalue weighted by Crippen LogP contribution is -2.41. The SMILES string of the molecule is O=C(COC(=O)c1c2c(nc3ccccc13)CCC2)NC(=O)NCCC1=CCCCC1. The number of benzene rings is 1. The molecule has 0 saturated heterocycles. The van der Waals surface area contributed by atoms with Crippen LogP contribution in [-0.4, -0.2) is 36.0 Å². The normalized spacial score (nSPS) is 15.2. The van der Waals surface area contributed by atoms with Crippen molar-refractivity contribution in [3.63, 3.8) is 0 Å². The van der Waals surface area contributed by atoms with Crippen molar-refractivity contribution < 1.29 is 19.1 Å². The largest absolute Gasteiger partial charge is 0.452 e. The zero-order valence-corrected chi connectivity index (χ0v) is 17.5. The van der Waals surface area contributed by atoms with Crippen molar-refractivity contribution in [2.45, 2.75) is 51.4 Å². The van der Waals surface area contributed by atoms with Gasteiger partial charge in [-0.25, -0.2) is 9.59 Å². The Morgan fingerprint density at radius 1 is 1.03 bits per heavy atom. The monoisotopic (exact) mass is 421 g/mol. The lowest BCUT2D eigenvalue weighted by molar-refractivity contribution is -0.123. The topological polar surface area (TPSA) is 97.4 Å². The van der Waals surface area contributed by atoms with E-state index in [9.17, 15) is 14.4 Å². The van der Waals surface area contributed by atoms with Crippen LogP contribution in [0.25, 0.3) is 10.9 Å². The smallest absolute Gasteiger partial charge is 0.339 e. The first-order valence-electron chi connectivity index (χ1n) is 10.9. The molecule has 2 aliphatic carbocycles. The molecule has 1 aromatic carbocycles. The summed E-state index contributed by atoms with van der Waals surface area (Å²) in [6.45, 7) is -0.0390. The van der Waals surface area contributed by atoms with Crippen LogP contribution in [0.1, 0.15) is 60.1 Å². The lowest BCUT2D eigenvalue weighted by atomic mass is 9.97. The third-order valence-electron chi connectivity index (χ3n) is 5.83. The van der Waals surface area contributed by atoms with Crippen LogP contribution in [0, 0.1) is 0 Å². The summed E-state index contributed by atoms with van der Waals surface area (Å²) in [5.41, 5.74) is 4.40. The fourth-order valence-electron chi connectivity index (χ4n) is 4.32. The highest BCUT2D eigenvalue weighted by Gasteiger charge is 2.25. The summed E-state index contributed by atoms with van der Waals surface area (Å²) >= 11 is 0. The standard InChI is InChI=1S/C24H27N3O4/c28-21(27-24(30)25-14-13-16-7-2-1-3-8-16)15-31-23(29)22-17-9-4-5-11-19(17)26-20-12-6-10-18(20)22/h4-5,7,9,11H,1-3,6,8,10,12-15H2,(H2,25,27,28,30). The summed E-state index contributed by atoms with van der Waals surface area (Å²) in [4.78, 5) is 41.5. The summed E-state index contributed by atoms with van der Waals surface area (Å²) in [5.74, 6) is -1.21. The second-order valence-corrected chi connectivity index (χ2v) is 8.02. The van der Waals surface area contributed by atoms with E-state index in [0.29, 0.717) is 12.1 Å². The molecule has 7 nitrogen and oxygen atoms in total. The number of pyridine rings is 1. The molecule has 7 heteroatoms. The van der Waals surface area contributed by atoms with E-state index in [4.69, 9.17) is 4.74 Å². The molecular weight excluding hydrogens is 394 g/mol. The molecule has 0 aliphatic heterocycles. The number of rotatable bonds is 6. The molecule has 2 N–H and O–H groups in total. The molecule has 2 aliphatic rings. The molecule has 1 aromatic heterocycles. The van der Waals surface area contributed by atoms with Crippen LogP contribution in [0.3, 0.4) is 0 Å². The van der Waals surface area contributed by atoms with Gasteiger partial charge in [0.05, 0.1) is 11.1 Å². The number of nitrogens with zero attached hydrogens (tertiary/aromatic N) is 1. The Kier molecular flexibility index (Phi) is 6.60. The quantitative estimate of drug-likeness (QED) is 0.549. The minimum Gasteiger partial charge on any atom is -0.452 e. The molecule has 0 unspecified atom stereocenters. The molecule has 4 rings (SSSR count). The number of hydrogen-bond donors (Lipinski definition) is 2. The number of ether oxygens (including phenoxy) is 1. The molecule has 0 radical (unpaired) electrons. The van der Waals surface area contributed by atoms with Crippen LogP contribution >= 0.6 is 0 Å². The van der Waals surface area contributed by atoms with Crippen molar-refractivity contribution in [1.82, 2.24) is 15.6 Å². The van der Waals surface area contributed by atoms with Gasteiger partial charge in [-0.05, 0) is 63.0 Å². The molecule has 0 spiro atoms. The average molecular weight is 421 g/mol. The number of fused-ring (bicyclic) bond motifs is 2. The highest BCUT2D eigenvalue weighted by molar-refractivity contribution is 6.06. The lowest BCUT2D eigenvalue weighted by Gasteiger charge is -2.13. The number of carbonyl (C=O) groups is 3. The number of aromatic nitrogens is 1. The Morgan fingerprint density at radius 3 is 2.74 bits per heavy atom. The van der Waals surface area contributed by atoms with E-state index >= 15 is 0 Å². The zero-order valence-electron chi connectivity index (χ0n) is 17.5. The van der Waals surface area contributed by atoms with E-state index in [0.717, 1.165) is 60.7 Å². The van der Waals surface area contributed by atoms with Gasteiger partial charge < -0.3 is 10.1 Å². The maximum Gasteiger partial charge on any atom is 0.339 e. The third kappa shape index (κ3) is 5.10. The summed E-state index contributed by atoms with van der Waals surface area (Å²) in [6.07, 6.45) is 10.1. The van der Waals surface area contributed by atoms with Crippen LogP contribution < -0.4 is 10.6 Å². The Labute approximate surface area is 181 Å². The van der Waals surface area contributed by atoms with Crippen molar-refractivity contribution in [3.8, 4) is 0 Å². The van der Waals surface area contributed by atoms with Gasteiger partial charge in [0, 0.05) is 17.6 Å². The number of amides is 3. The maximum absolute atomic E-state index is 12.8. The maximum atomic E-state index is 12.8. The summed E-state index contributed by atoms with van der Waals surface area (Å²) in [6, 6.07) is 6.86. The highest BCUT2D eigenvalue weighted by Crippen LogP contribution is 2.30. The minimum atomic E-state index is -0.655. The molecule has 0 atom stereocenters. The molecule has 1 heterocycles. The van der Waals surface area contributed by atoms with Crippen molar-refractivity contribution in [2.75, 3.05) is 13.2 Å². The first kappa shape index (κ1) is 21.0. The molecule has 2 aromatic rings. The predicted octanol–water partition coefficient (Wildman–Crippen LogP) is 3.60. The number of esters is 1. The van der Waals surface area contributed by atoms with E-state index in [1.165, 1.54) is 18.4 Å². The molecule has 0 bridgehead atoms. The number of imide groups is 1. The number of nitrogens with one attached hydrogen (secondary N) is 2.